The maximum atomic E-state index is 12.1. The number of likely N-dealkylation sites (N-methyl/N-ethyl adjacent to an activating group) is 1. The van der Waals surface area contributed by atoms with Crippen LogP contribution < -0.4 is 4.74 Å². The van der Waals surface area contributed by atoms with Crippen LogP contribution in [0.2, 0.25) is 0 Å². The third kappa shape index (κ3) is 5.85. The first-order valence-corrected chi connectivity index (χ1v) is 7.17. The Labute approximate surface area is 125 Å². The van der Waals surface area contributed by atoms with Crippen LogP contribution in [-0.4, -0.2) is 43.6 Å². The Bertz CT molecular complexity index is 473. The molecule has 0 saturated carbocycles. The summed E-state index contributed by atoms with van der Waals surface area (Å²) in [6.07, 6.45) is 0.982. The standard InChI is InChI=1S/C16H23NO4/c1-4-17(12-16(19)21-5-2)15(18)10-9-13-7-6-8-14(11-13)20-3/h6-8,11H,4-5,9-10,12H2,1-3H3. The molecule has 0 aliphatic rings. The van der Waals surface area contributed by atoms with E-state index in [1.807, 2.05) is 31.2 Å². The lowest BCUT2D eigenvalue weighted by Crippen LogP contribution is -2.36. The number of aryl methyl sites for hydroxylation is 1. The Morgan fingerprint density at radius 2 is 2.00 bits per heavy atom. The van der Waals surface area contributed by atoms with E-state index in [0.717, 1.165) is 11.3 Å². The largest absolute Gasteiger partial charge is 0.497 e. The zero-order valence-electron chi connectivity index (χ0n) is 12.9. The van der Waals surface area contributed by atoms with Crippen molar-refractivity contribution in [1.82, 2.24) is 4.90 Å². The molecule has 0 aromatic heterocycles. The molecule has 116 valence electrons. The second-order valence-electron chi connectivity index (χ2n) is 4.56. The third-order valence-electron chi connectivity index (χ3n) is 3.12. The monoisotopic (exact) mass is 293 g/mol. The van der Waals surface area contributed by atoms with Gasteiger partial charge in [0, 0.05) is 13.0 Å². The Morgan fingerprint density at radius 1 is 1.24 bits per heavy atom. The van der Waals surface area contributed by atoms with Gasteiger partial charge in [-0.15, -0.1) is 0 Å². The van der Waals surface area contributed by atoms with Gasteiger partial charge in [-0.2, -0.15) is 0 Å². The fourth-order valence-corrected chi connectivity index (χ4v) is 1.98. The second kappa shape index (κ2) is 9.00. The summed E-state index contributed by atoms with van der Waals surface area (Å²) in [7, 11) is 1.61. The van der Waals surface area contributed by atoms with Crippen LogP contribution in [0.25, 0.3) is 0 Å². The molecule has 0 saturated heterocycles. The number of nitrogens with zero attached hydrogens (tertiary/aromatic N) is 1. The van der Waals surface area contributed by atoms with Gasteiger partial charge in [0.15, 0.2) is 0 Å². The van der Waals surface area contributed by atoms with Crippen molar-refractivity contribution < 1.29 is 19.1 Å². The van der Waals surface area contributed by atoms with Gasteiger partial charge in [0.05, 0.1) is 13.7 Å². The highest BCUT2D eigenvalue weighted by atomic mass is 16.5. The molecular weight excluding hydrogens is 270 g/mol. The number of hydrogen-bond donors (Lipinski definition) is 0. The molecule has 1 amide bonds. The topological polar surface area (TPSA) is 55.8 Å². The van der Waals surface area contributed by atoms with Gasteiger partial charge < -0.3 is 14.4 Å². The van der Waals surface area contributed by atoms with Gasteiger partial charge in [0.2, 0.25) is 5.91 Å². The molecule has 1 aromatic carbocycles. The van der Waals surface area contributed by atoms with Gasteiger partial charge in [-0.05, 0) is 38.0 Å². The van der Waals surface area contributed by atoms with Crippen molar-refractivity contribution >= 4 is 11.9 Å². The third-order valence-corrected chi connectivity index (χ3v) is 3.12. The second-order valence-corrected chi connectivity index (χ2v) is 4.56. The van der Waals surface area contributed by atoms with Crippen molar-refractivity contribution in [2.45, 2.75) is 26.7 Å². The van der Waals surface area contributed by atoms with Crippen LogP contribution in [0.15, 0.2) is 24.3 Å². The summed E-state index contributed by atoms with van der Waals surface area (Å²) < 4.78 is 10.0. The molecule has 0 fully saturated rings. The molecule has 0 unspecified atom stereocenters. The molecule has 1 aromatic rings. The molecule has 0 atom stereocenters. The van der Waals surface area contributed by atoms with E-state index in [2.05, 4.69) is 0 Å². The zero-order valence-corrected chi connectivity index (χ0v) is 12.9. The summed E-state index contributed by atoms with van der Waals surface area (Å²) in [5.74, 6) is 0.362. The number of esters is 1. The van der Waals surface area contributed by atoms with Crippen molar-refractivity contribution in [2.24, 2.45) is 0 Å². The summed E-state index contributed by atoms with van der Waals surface area (Å²) in [5, 5.41) is 0. The van der Waals surface area contributed by atoms with Gasteiger partial charge in [-0.1, -0.05) is 12.1 Å². The predicted octanol–water partition coefficient (Wildman–Crippen LogP) is 2.04. The highest BCUT2D eigenvalue weighted by molar-refractivity contribution is 5.82. The average molecular weight is 293 g/mol. The van der Waals surface area contributed by atoms with Crippen LogP contribution in [0.1, 0.15) is 25.8 Å². The van der Waals surface area contributed by atoms with Gasteiger partial charge in [-0.25, -0.2) is 0 Å². The molecule has 0 heterocycles. The molecule has 0 radical (unpaired) electrons. The molecule has 0 spiro atoms. The predicted molar refractivity (Wildman–Crippen MR) is 80.2 cm³/mol. The minimum absolute atomic E-state index is 0.0152. The lowest BCUT2D eigenvalue weighted by atomic mass is 10.1. The summed E-state index contributed by atoms with van der Waals surface area (Å²) in [4.78, 5) is 25.1. The van der Waals surface area contributed by atoms with Crippen LogP contribution in [0.5, 0.6) is 5.75 Å². The van der Waals surface area contributed by atoms with Gasteiger partial charge in [-0.3, -0.25) is 9.59 Å². The lowest BCUT2D eigenvalue weighted by molar-refractivity contribution is -0.148. The Hall–Kier alpha value is -2.04. The van der Waals surface area contributed by atoms with E-state index < -0.39 is 0 Å². The van der Waals surface area contributed by atoms with E-state index in [1.165, 1.54) is 4.90 Å². The van der Waals surface area contributed by atoms with E-state index in [1.54, 1.807) is 14.0 Å². The molecule has 1 rings (SSSR count). The fraction of sp³-hybridized carbons (Fsp3) is 0.500. The Kier molecular flexibility index (Phi) is 7.29. The Morgan fingerprint density at radius 3 is 2.62 bits per heavy atom. The molecule has 0 N–H and O–H groups in total. The number of carbonyl (C=O) groups is 2. The normalized spacial score (nSPS) is 10.0. The lowest BCUT2D eigenvalue weighted by Gasteiger charge is -2.19. The molecule has 5 nitrogen and oxygen atoms in total. The minimum Gasteiger partial charge on any atom is -0.497 e. The first-order chi connectivity index (χ1) is 10.1. The van der Waals surface area contributed by atoms with Gasteiger partial charge >= 0.3 is 5.97 Å². The van der Waals surface area contributed by atoms with Crippen molar-refractivity contribution in [3.8, 4) is 5.75 Å². The number of methoxy groups -OCH3 is 1. The maximum Gasteiger partial charge on any atom is 0.325 e. The number of benzene rings is 1. The average Bonchev–Trinajstić information content (AvgIpc) is 2.50. The number of carbonyl (C=O) groups excluding carboxylic acids is 2. The van der Waals surface area contributed by atoms with Crippen molar-refractivity contribution in [3.63, 3.8) is 0 Å². The van der Waals surface area contributed by atoms with Crippen LogP contribution >= 0.6 is 0 Å². The van der Waals surface area contributed by atoms with Crippen molar-refractivity contribution in [2.75, 3.05) is 26.8 Å². The highest BCUT2D eigenvalue weighted by Crippen LogP contribution is 2.14. The smallest absolute Gasteiger partial charge is 0.325 e. The van der Waals surface area contributed by atoms with E-state index in [-0.39, 0.29) is 18.4 Å². The molecule has 5 heteroatoms. The zero-order chi connectivity index (χ0) is 15.7. The van der Waals surface area contributed by atoms with E-state index in [4.69, 9.17) is 9.47 Å². The molecule has 0 aliphatic carbocycles. The number of hydrogen-bond acceptors (Lipinski definition) is 4. The van der Waals surface area contributed by atoms with E-state index in [0.29, 0.717) is 26.0 Å². The van der Waals surface area contributed by atoms with E-state index >= 15 is 0 Å². The minimum atomic E-state index is -0.367. The molecule has 21 heavy (non-hydrogen) atoms. The quantitative estimate of drug-likeness (QED) is 0.688. The number of rotatable bonds is 8. The fourth-order valence-electron chi connectivity index (χ4n) is 1.98. The first-order valence-electron chi connectivity index (χ1n) is 7.17. The molecular formula is C16H23NO4. The van der Waals surface area contributed by atoms with Crippen LogP contribution in [-0.2, 0) is 20.7 Å². The highest BCUT2D eigenvalue weighted by Gasteiger charge is 2.16. The number of ether oxygens (including phenoxy) is 2. The summed E-state index contributed by atoms with van der Waals surface area (Å²) in [6.45, 7) is 4.44. The van der Waals surface area contributed by atoms with Crippen LogP contribution in [0, 0.1) is 0 Å². The Balaban J connectivity index is 2.51. The summed E-state index contributed by atoms with van der Waals surface area (Å²) >= 11 is 0. The van der Waals surface area contributed by atoms with Gasteiger partial charge in [0.1, 0.15) is 12.3 Å². The molecule has 0 bridgehead atoms. The number of amides is 1. The molecule has 0 aliphatic heterocycles. The SMILES string of the molecule is CCOC(=O)CN(CC)C(=O)CCc1cccc(OC)c1. The summed E-state index contributed by atoms with van der Waals surface area (Å²) in [5.41, 5.74) is 1.04. The maximum absolute atomic E-state index is 12.1. The first kappa shape index (κ1) is 17.0. The van der Waals surface area contributed by atoms with Gasteiger partial charge in [0.25, 0.3) is 0 Å². The van der Waals surface area contributed by atoms with Crippen molar-refractivity contribution in [1.29, 1.82) is 0 Å². The van der Waals surface area contributed by atoms with Crippen LogP contribution in [0.4, 0.5) is 0 Å². The van der Waals surface area contributed by atoms with Crippen LogP contribution in [0.3, 0.4) is 0 Å². The van der Waals surface area contributed by atoms with Crippen molar-refractivity contribution in [3.05, 3.63) is 29.8 Å². The van der Waals surface area contributed by atoms with E-state index in [9.17, 15) is 9.59 Å². The summed E-state index contributed by atoms with van der Waals surface area (Å²) in [6, 6.07) is 7.63.